The number of nitrogens with one attached hydrogen (secondary N) is 2. The van der Waals surface area contributed by atoms with Crippen LogP contribution >= 0.6 is 0 Å². The number of ether oxygens (including phenoxy) is 1. The van der Waals surface area contributed by atoms with Gasteiger partial charge in [-0.2, -0.15) is 18.3 Å². The zero-order chi connectivity index (χ0) is 22.8. The molecule has 0 saturated carbocycles. The molecule has 0 aliphatic heterocycles. The van der Waals surface area contributed by atoms with Crippen LogP contribution in [0, 0.1) is 5.82 Å². The van der Waals surface area contributed by atoms with Crippen molar-refractivity contribution in [2.24, 2.45) is 0 Å². The van der Waals surface area contributed by atoms with Crippen LogP contribution in [0.25, 0.3) is 5.69 Å². The fraction of sp³-hybridized carbons (Fsp3) is 0.150. The summed E-state index contributed by atoms with van der Waals surface area (Å²) in [5, 5.41) is 8.76. The molecule has 0 spiro atoms. The smallest absolute Gasteiger partial charge is 0.416 e. The topological polar surface area (TPSA) is 85.2 Å². The number of anilines is 2. The highest BCUT2D eigenvalue weighted by Crippen LogP contribution is 2.31. The summed E-state index contributed by atoms with van der Waals surface area (Å²) in [5.41, 5.74) is -1.09. The largest absolute Gasteiger partial charge is 0.493 e. The third kappa shape index (κ3) is 5.00. The maximum absolute atomic E-state index is 14.1. The second-order valence-electron chi connectivity index (χ2n) is 6.37. The molecule has 0 saturated heterocycles. The van der Waals surface area contributed by atoms with Crippen LogP contribution in [0.4, 0.5) is 28.9 Å². The summed E-state index contributed by atoms with van der Waals surface area (Å²) in [6, 6.07) is 7.93. The minimum absolute atomic E-state index is 0.0339. The molecule has 162 valence electrons. The third-order valence-corrected chi connectivity index (χ3v) is 4.09. The maximum atomic E-state index is 14.1. The predicted octanol–water partition coefficient (Wildman–Crippen LogP) is 4.25. The summed E-state index contributed by atoms with van der Waals surface area (Å²) in [4.78, 5) is 23.8. The highest BCUT2D eigenvalue weighted by Gasteiger charge is 2.31. The number of alkyl halides is 3. The summed E-state index contributed by atoms with van der Waals surface area (Å²) < 4.78 is 59.2. The summed E-state index contributed by atoms with van der Waals surface area (Å²) in [7, 11) is 1.25. The van der Waals surface area contributed by atoms with Gasteiger partial charge in [0.2, 0.25) is 5.91 Å². The van der Waals surface area contributed by atoms with Crippen LogP contribution in [0.2, 0.25) is 0 Å². The van der Waals surface area contributed by atoms with Gasteiger partial charge in [-0.1, -0.05) is 6.07 Å². The van der Waals surface area contributed by atoms with Crippen LogP contribution in [-0.4, -0.2) is 28.7 Å². The lowest BCUT2D eigenvalue weighted by atomic mass is 10.2. The molecule has 0 aliphatic carbocycles. The zero-order valence-corrected chi connectivity index (χ0v) is 16.2. The first-order valence-electron chi connectivity index (χ1n) is 8.78. The van der Waals surface area contributed by atoms with Crippen LogP contribution in [0.5, 0.6) is 5.75 Å². The molecule has 2 amide bonds. The molecule has 0 aliphatic rings. The van der Waals surface area contributed by atoms with Gasteiger partial charge >= 0.3 is 6.18 Å². The first-order valence-corrected chi connectivity index (χ1v) is 8.78. The van der Waals surface area contributed by atoms with Gasteiger partial charge in [-0.15, -0.1) is 0 Å². The van der Waals surface area contributed by atoms with E-state index >= 15 is 0 Å². The second kappa shape index (κ2) is 8.46. The lowest BCUT2D eigenvalue weighted by molar-refractivity contribution is -0.137. The molecule has 7 nitrogen and oxygen atoms in total. The van der Waals surface area contributed by atoms with Gasteiger partial charge in [0.1, 0.15) is 5.82 Å². The molecule has 3 aromatic rings. The van der Waals surface area contributed by atoms with Crippen molar-refractivity contribution in [2.75, 3.05) is 17.7 Å². The van der Waals surface area contributed by atoms with Gasteiger partial charge in [0.05, 0.1) is 30.2 Å². The highest BCUT2D eigenvalue weighted by molar-refractivity contribution is 6.05. The number of benzene rings is 2. The number of aromatic nitrogens is 2. The number of methoxy groups -OCH3 is 1. The van der Waals surface area contributed by atoms with Crippen molar-refractivity contribution in [1.82, 2.24) is 9.78 Å². The van der Waals surface area contributed by atoms with E-state index in [4.69, 9.17) is 4.74 Å². The molecule has 0 fully saturated rings. The number of amides is 2. The molecule has 2 N–H and O–H groups in total. The first kappa shape index (κ1) is 21.8. The Bertz CT molecular complexity index is 1140. The molecule has 0 radical (unpaired) electrons. The summed E-state index contributed by atoms with van der Waals surface area (Å²) in [6.07, 6.45) is -3.32. The van der Waals surface area contributed by atoms with Gasteiger partial charge < -0.3 is 15.4 Å². The van der Waals surface area contributed by atoms with Crippen molar-refractivity contribution < 1.29 is 31.9 Å². The number of halogens is 4. The quantitative estimate of drug-likeness (QED) is 0.586. The molecule has 0 bridgehead atoms. The number of nitrogens with zero attached hydrogens (tertiary/aromatic N) is 2. The Morgan fingerprint density at radius 1 is 1.10 bits per heavy atom. The van der Waals surface area contributed by atoms with E-state index in [0.717, 1.165) is 22.9 Å². The van der Waals surface area contributed by atoms with Crippen molar-refractivity contribution in [3.05, 3.63) is 65.7 Å². The Morgan fingerprint density at radius 2 is 1.84 bits per heavy atom. The van der Waals surface area contributed by atoms with E-state index in [2.05, 4.69) is 15.7 Å². The van der Waals surface area contributed by atoms with Gasteiger partial charge in [-0.3, -0.25) is 9.59 Å². The molecular formula is C20H16F4N4O3. The van der Waals surface area contributed by atoms with Crippen LogP contribution in [0.1, 0.15) is 23.0 Å². The molecule has 3 rings (SSSR count). The number of hydrogen-bond donors (Lipinski definition) is 2. The predicted molar refractivity (Wildman–Crippen MR) is 104 cm³/mol. The Kier molecular flexibility index (Phi) is 5.95. The molecule has 1 aromatic heterocycles. The van der Waals surface area contributed by atoms with Crippen LogP contribution in [0.15, 0.2) is 48.7 Å². The Labute approximate surface area is 173 Å². The highest BCUT2D eigenvalue weighted by atomic mass is 19.4. The summed E-state index contributed by atoms with van der Waals surface area (Å²) in [5.74, 6) is -2.04. The molecule has 11 heteroatoms. The van der Waals surface area contributed by atoms with Gasteiger partial charge in [0.25, 0.3) is 5.91 Å². The Morgan fingerprint density at radius 3 is 2.48 bits per heavy atom. The minimum Gasteiger partial charge on any atom is -0.493 e. The molecule has 2 aromatic carbocycles. The standard InChI is InChI=1S/C20H16F4N4O3/c1-11(29)25-13-6-7-15(21)16(9-13)26-19(30)18-17(31-2)10-28(27-18)14-5-3-4-12(8-14)20(22,23)24/h3-10H,1-2H3,(H,25,29)(H,26,30). The fourth-order valence-electron chi connectivity index (χ4n) is 2.71. The molecule has 31 heavy (non-hydrogen) atoms. The minimum atomic E-state index is -4.55. The maximum Gasteiger partial charge on any atom is 0.416 e. The van der Waals surface area contributed by atoms with Crippen LogP contribution in [-0.2, 0) is 11.0 Å². The van der Waals surface area contributed by atoms with E-state index in [-0.39, 0.29) is 34.4 Å². The van der Waals surface area contributed by atoms with Crippen LogP contribution < -0.4 is 15.4 Å². The van der Waals surface area contributed by atoms with Crippen molar-refractivity contribution in [3.63, 3.8) is 0 Å². The molecule has 1 heterocycles. The van der Waals surface area contributed by atoms with Crippen LogP contribution in [0.3, 0.4) is 0 Å². The average Bonchev–Trinajstić information content (AvgIpc) is 3.14. The first-order chi connectivity index (χ1) is 14.6. The van der Waals surface area contributed by atoms with E-state index < -0.39 is 23.5 Å². The van der Waals surface area contributed by atoms with E-state index in [9.17, 15) is 27.2 Å². The van der Waals surface area contributed by atoms with Crippen molar-refractivity contribution in [2.45, 2.75) is 13.1 Å². The van der Waals surface area contributed by atoms with Gasteiger partial charge in [-0.05, 0) is 36.4 Å². The molecule has 0 atom stereocenters. The molecular weight excluding hydrogens is 420 g/mol. The number of carbonyl (C=O) groups excluding carboxylic acids is 2. The lowest BCUT2D eigenvalue weighted by Crippen LogP contribution is -2.16. The average molecular weight is 436 g/mol. The van der Waals surface area contributed by atoms with Crippen molar-refractivity contribution >= 4 is 23.2 Å². The SMILES string of the molecule is COc1cn(-c2cccc(C(F)(F)F)c2)nc1C(=O)Nc1cc(NC(C)=O)ccc1F. The third-order valence-electron chi connectivity index (χ3n) is 4.09. The van der Waals surface area contributed by atoms with E-state index in [0.29, 0.717) is 0 Å². The number of rotatable bonds is 5. The Hall–Kier alpha value is -3.89. The molecule has 0 unspecified atom stereocenters. The van der Waals surface area contributed by atoms with E-state index in [1.54, 1.807) is 0 Å². The van der Waals surface area contributed by atoms with Gasteiger partial charge in [0, 0.05) is 12.6 Å². The zero-order valence-electron chi connectivity index (χ0n) is 16.2. The lowest BCUT2D eigenvalue weighted by Gasteiger charge is -2.09. The van der Waals surface area contributed by atoms with Gasteiger partial charge in [-0.25, -0.2) is 9.07 Å². The van der Waals surface area contributed by atoms with Crippen molar-refractivity contribution in [1.29, 1.82) is 0 Å². The summed E-state index contributed by atoms with van der Waals surface area (Å²) >= 11 is 0. The number of hydrogen-bond acceptors (Lipinski definition) is 4. The number of carbonyl (C=O) groups is 2. The van der Waals surface area contributed by atoms with E-state index in [1.807, 2.05) is 0 Å². The monoisotopic (exact) mass is 436 g/mol. The fourth-order valence-corrected chi connectivity index (χ4v) is 2.71. The van der Waals surface area contributed by atoms with Crippen molar-refractivity contribution in [3.8, 4) is 11.4 Å². The van der Waals surface area contributed by atoms with Gasteiger partial charge in [0.15, 0.2) is 11.4 Å². The Balaban J connectivity index is 1.92. The normalized spacial score (nSPS) is 11.2. The summed E-state index contributed by atoms with van der Waals surface area (Å²) in [6.45, 7) is 1.27. The second-order valence-corrected chi connectivity index (χ2v) is 6.37. The van der Waals surface area contributed by atoms with E-state index in [1.165, 1.54) is 44.5 Å².